The maximum atomic E-state index is 6.02. The number of nitrogens with two attached hydrogens (primary N) is 1. The van der Waals surface area contributed by atoms with Crippen molar-refractivity contribution in [3.63, 3.8) is 0 Å². The lowest BCUT2D eigenvalue weighted by Gasteiger charge is -2.11. The number of methoxy groups -OCH3 is 2. The van der Waals surface area contributed by atoms with Gasteiger partial charge in [0.15, 0.2) is 0 Å². The number of aromatic nitrogens is 1. The largest absolute Gasteiger partial charge is 0.497 e. The number of nitrogen functional groups attached to an aromatic ring is 1. The van der Waals surface area contributed by atoms with Crippen molar-refractivity contribution >= 4 is 16.6 Å². The molecule has 0 spiro atoms. The fourth-order valence-corrected chi connectivity index (χ4v) is 2.21. The summed E-state index contributed by atoms with van der Waals surface area (Å²) in [5.74, 6) is 2.81. The highest BCUT2D eigenvalue weighted by Crippen LogP contribution is 2.34. The minimum Gasteiger partial charge on any atom is -0.497 e. The summed E-state index contributed by atoms with van der Waals surface area (Å²) >= 11 is 0. The van der Waals surface area contributed by atoms with Crippen LogP contribution in [0, 0.1) is 0 Å². The normalized spacial score (nSPS) is 10.5. The molecule has 0 bridgehead atoms. The van der Waals surface area contributed by atoms with Crippen LogP contribution >= 0.6 is 0 Å². The molecule has 0 fully saturated rings. The Hall–Kier alpha value is -2.95. The van der Waals surface area contributed by atoms with Crippen LogP contribution in [0.5, 0.6) is 23.0 Å². The molecular weight excluding hydrogens is 280 g/mol. The molecule has 1 heterocycles. The molecule has 0 amide bonds. The number of fused-ring (bicyclic) bond motifs is 1. The summed E-state index contributed by atoms with van der Waals surface area (Å²) in [5, 5.41) is 0.801. The van der Waals surface area contributed by atoms with E-state index in [-0.39, 0.29) is 0 Å². The van der Waals surface area contributed by atoms with Crippen molar-refractivity contribution in [3.05, 3.63) is 48.7 Å². The molecule has 22 heavy (non-hydrogen) atoms. The van der Waals surface area contributed by atoms with Crippen molar-refractivity contribution in [3.8, 4) is 23.0 Å². The van der Waals surface area contributed by atoms with Gasteiger partial charge in [0, 0.05) is 17.6 Å². The second-order valence-electron chi connectivity index (χ2n) is 4.70. The van der Waals surface area contributed by atoms with E-state index in [1.54, 1.807) is 32.5 Å². The number of rotatable bonds is 4. The first-order valence-electron chi connectivity index (χ1n) is 6.75. The SMILES string of the molecule is COc1ccc(Oc2ccnc3c(N)cc(OC)cc23)cc1. The Labute approximate surface area is 128 Å². The van der Waals surface area contributed by atoms with Crippen LogP contribution in [0.3, 0.4) is 0 Å². The summed E-state index contributed by atoms with van der Waals surface area (Å²) in [6, 6.07) is 12.8. The summed E-state index contributed by atoms with van der Waals surface area (Å²) in [6.45, 7) is 0. The van der Waals surface area contributed by atoms with E-state index >= 15 is 0 Å². The van der Waals surface area contributed by atoms with E-state index in [4.69, 9.17) is 19.9 Å². The number of benzene rings is 2. The number of nitrogens with zero attached hydrogens (tertiary/aromatic N) is 1. The molecule has 0 unspecified atom stereocenters. The minimum absolute atomic E-state index is 0.550. The summed E-state index contributed by atoms with van der Waals surface area (Å²) in [6.07, 6.45) is 1.67. The lowest BCUT2D eigenvalue weighted by molar-refractivity contribution is 0.412. The third-order valence-electron chi connectivity index (χ3n) is 3.33. The zero-order valence-corrected chi connectivity index (χ0v) is 12.4. The van der Waals surface area contributed by atoms with E-state index in [1.807, 2.05) is 30.3 Å². The third-order valence-corrected chi connectivity index (χ3v) is 3.33. The van der Waals surface area contributed by atoms with Crippen molar-refractivity contribution in [1.29, 1.82) is 0 Å². The lowest BCUT2D eigenvalue weighted by atomic mass is 10.1. The van der Waals surface area contributed by atoms with E-state index in [1.165, 1.54) is 0 Å². The number of ether oxygens (including phenoxy) is 3. The van der Waals surface area contributed by atoms with Crippen LogP contribution in [0.4, 0.5) is 5.69 Å². The highest BCUT2D eigenvalue weighted by atomic mass is 16.5. The van der Waals surface area contributed by atoms with E-state index in [9.17, 15) is 0 Å². The summed E-state index contributed by atoms with van der Waals surface area (Å²) in [4.78, 5) is 4.31. The van der Waals surface area contributed by atoms with Crippen LogP contribution in [0.1, 0.15) is 0 Å². The van der Waals surface area contributed by atoms with Gasteiger partial charge in [0.05, 0.1) is 25.4 Å². The molecule has 2 N–H and O–H groups in total. The van der Waals surface area contributed by atoms with Gasteiger partial charge in [-0.05, 0) is 36.4 Å². The molecule has 112 valence electrons. The van der Waals surface area contributed by atoms with Crippen LogP contribution in [-0.4, -0.2) is 19.2 Å². The van der Waals surface area contributed by atoms with E-state index in [0.29, 0.717) is 28.5 Å². The maximum Gasteiger partial charge on any atom is 0.138 e. The number of hydrogen-bond donors (Lipinski definition) is 1. The summed E-state index contributed by atoms with van der Waals surface area (Å²) in [5.41, 5.74) is 7.26. The van der Waals surface area contributed by atoms with Crippen LogP contribution in [-0.2, 0) is 0 Å². The van der Waals surface area contributed by atoms with Gasteiger partial charge >= 0.3 is 0 Å². The predicted molar refractivity (Wildman–Crippen MR) is 85.8 cm³/mol. The van der Waals surface area contributed by atoms with Gasteiger partial charge in [-0.15, -0.1) is 0 Å². The summed E-state index contributed by atoms with van der Waals surface area (Å²) < 4.78 is 16.3. The fraction of sp³-hybridized carbons (Fsp3) is 0.118. The molecule has 0 saturated heterocycles. The average molecular weight is 296 g/mol. The molecule has 0 aliphatic carbocycles. The highest BCUT2D eigenvalue weighted by Gasteiger charge is 2.09. The van der Waals surface area contributed by atoms with Crippen LogP contribution in [0.15, 0.2) is 48.7 Å². The van der Waals surface area contributed by atoms with E-state index in [0.717, 1.165) is 11.1 Å². The standard InChI is InChI=1S/C17H16N2O3/c1-20-11-3-5-12(6-4-11)22-16-7-8-19-17-14(16)9-13(21-2)10-15(17)18/h3-10H,18H2,1-2H3. The van der Waals surface area contributed by atoms with E-state index in [2.05, 4.69) is 4.98 Å². The van der Waals surface area contributed by atoms with Crippen molar-refractivity contribution < 1.29 is 14.2 Å². The van der Waals surface area contributed by atoms with Crippen LogP contribution in [0.2, 0.25) is 0 Å². The molecule has 0 aliphatic heterocycles. The topological polar surface area (TPSA) is 66.6 Å². The van der Waals surface area contributed by atoms with Gasteiger partial charge in [0.1, 0.15) is 23.0 Å². The molecule has 0 saturated carbocycles. The Kier molecular flexibility index (Phi) is 3.70. The Balaban J connectivity index is 2.04. The second-order valence-corrected chi connectivity index (χ2v) is 4.70. The first kappa shape index (κ1) is 14.0. The van der Waals surface area contributed by atoms with Crippen molar-refractivity contribution in [2.45, 2.75) is 0 Å². The minimum atomic E-state index is 0.550. The van der Waals surface area contributed by atoms with Gasteiger partial charge < -0.3 is 19.9 Å². The smallest absolute Gasteiger partial charge is 0.138 e. The van der Waals surface area contributed by atoms with Gasteiger partial charge in [-0.25, -0.2) is 0 Å². The Bertz CT molecular complexity index is 801. The molecule has 2 aromatic carbocycles. The number of pyridine rings is 1. The third kappa shape index (κ3) is 2.61. The van der Waals surface area contributed by atoms with Crippen molar-refractivity contribution in [2.24, 2.45) is 0 Å². The zero-order chi connectivity index (χ0) is 15.5. The molecule has 0 aliphatic rings. The van der Waals surface area contributed by atoms with Crippen LogP contribution < -0.4 is 19.9 Å². The predicted octanol–water partition coefficient (Wildman–Crippen LogP) is 3.63. The van der Waals surface area contributed by atoms with Gasteiger partial charge in [-0.1, -0.05) is 0 Å². The second kappa shape index (κ2) is 5.81. The molecule has 1 aromatic heterocycles. The molecule has 0 atom stereocenters. The first-order valence-corrected chi connectivity index (χ1v) is 6.75. The molecule has 5 nitrogen and oxygen atoms in total. The quantitative estimate of drug-likeness (QED) is 0.745. The Morgan fingerprint density at radius 2 is 1.55 bits per heavy atom. The van der Waals surface area contributed by atoms with Crippen LogP contribution in [0.25, 0.3) is 10.9 Å². The first-order chi connectivity index (χ1) is 10.7. The monoisotopic (exact) mass is 296 g/mol. The highest BCUT2D eigenvalue weighted by molar-refractivity contribution is 5.95. The van der Waals surface area contributed by atoms with Gasteiger partial charge in [-0.2, -0.15) is 0 Å². The fourth-order valence-electron chi connectivity index (χ4n) is 2.21. The van der Waals surface area contributed by atoms with Gasteiger partial charge in [0.25, 0.3) is 0 Å². The van der Waals surface area contributed by atoms with Crippen molar-refractivity contribution in [1.82, 2.24) is 4.98 Å². The van der Waals surface area contributed by atoms with E-state index < -0.39 is 0 Å². The maximum absolute atomic E-state index is 6.02. The molecule has 5 heteroatoms. The lowest BCUT2D eigenvalue weighted by Crippen LogP contribution is -1.94. The van der Waals surface area contributed by atoms with Gasteiger partial charge in [0.2, 0.25) is 0 Å². The molecule has 0 radical (unpaired) electrons. The number of hydrogen-bond acceptors (Lipinski definition) is 5. The zero-order valence-electron chi connectivity index (χ0n) is 12.4. The molecule has 3 rings (SSSR count). The summed E-state index contributed by atoms with van der Waals surface area (Å²) in [7, 11) is 3.22. The number of anilines is 1. The molecular formula is C17H16N2O3. The van der Waals surface area contributed by atoms with Crippen molar-refractivity contribution in [2.75, 3.05) is 20.0 Å². The van der Waals surface area contributed by atoms with Gasteiger partial charge in [-0.3, -0.25) is 4.98 Å². The Morgan fingerprint density at radius 1 is 0.864 bits per heavy atom. The average Bonchev–Trinajstić information content (AvgIpc) is 2.56. The Morgan fingerprint density at radius 3 is 2.23 bits per heavy atom. The molecule has 3 aromatic rings.